The van der Waals surface area contributed by atoms with Crippen LogP contribution in [0, 0.1) is 0 Å². The first-order valence-electron chi connectivity index (χ1n) is 6.60. The van der Waals surface area contributed by atoms with E-state index in [-0.39, 0.29) is 0 Å². The molecule has 0 aliphatic rings. The Bertz CT molecular complexity index is 341. The van der Waals surface area contributed by atoms with Crippen molar-refractivity contribution in [1.82, 2.24) is 9.97 Å². The number of anilines is 2. The number of hydrogen-bond acceptors (Lipinski definition) is 6. The molecular formula is C13H24N4O2. The van der Waals surface area contributed by atoms with E-state index in [0.29, 0.717) is 13.2 Å². The molecule has 1 heterocycles. The molecule has 1 aromatic rings. The van der Waals surface area contributed by atoms with Gasteiger partial charge in [-0.05, 0) is 6.42 Å². The second kappa shape index (κ2) is 9.52. The second-order valence-corrected chi connectivity index (χ2v) is 4.16. The van der Waals surface area contributed by atoms with E-state index in [9.17, 15) is 0 Å². The molecule has 0 fully saturated rings. The molecule has 0 bridgehead atoms. The SMILES string of the molecule is CCCNc1cc(N(CCOC)CCOC)ncn1. The monoisotopic (exact) mass is 268 g/mol. The van der Waals surface area contributed by atoms with Crippen molar-refractivity contribution in [3.05, 3.63) is 12.4 Å². The molecule has 0 saturated carbocycles. The van der Waals surface area contributed by atoms with Crippen molar-refractivity contribution < 1.29 is 9.47 Å². The van der Waals surface area contributed by atoms with Crippen LogP contribution in [-0.4, -0.2) is 57.0 Å². The number of hydrogen-bond donors (Lipinski definition) is 1. The van der Waals surface area contributed by atoms with E-state index in [4.69, 9.17) is 9.47 Å². The fraction of sp³-hybridized carbons (Fsp3) is 0.692. The Morgan fingerprint density at radius 1 is 1.16 bits per heavy atom. The quantitative estimate of drug-likeness (QED) is 0.692. The van der Waals surface area contributed by atoms with Crippen molar-refractivity contribution >= 4 is 11.6 Å². The van der Waals surface area contributed by atoms with Gasteiger partial charge in [-0.1, -0.05) is 6.92 Å². The molecule has 0 radical (unpaired) electrons. The first-order chi connectivity index (χ1) is 9.31. The van der Waals surface area contributed by atoms with Crippen LogP contribution in [0.4, 0.5) is 11.6 Å². The predicted molar refractivity (Wildman–Crippen MR) is 76.8 cm³/mol. The zero-order chi connectivity index (χ0) is 13.9. The summed E-state index contributed by atoms with van der Waals surface area (Å²) in [6.45, 7) is 5.91. The minimum Gasteiger partial charge on any atom is -0.383 e. The molecule has 1 N–H and O–H groups in total. The third kappa shape index (κ3) is 5.85. The average molecular weight is 268 g/mol. The Labute approximate surface area is 115 Å². The van der Waals surface area contributed by atoms with Crippen molar-refractivity contribution in [2.24, 2.45) is 0 Å². The van der Waals surface area contributed by atoms with Gasteiger partial charge in [0.1, 0.15) is 18.0 Å². The summed E-state index contributed by atoms with van der Waals surface area (Å²) in [6.07, 6.45) is 2.65. The number of nitrogens with zero attached hydrogens (tertiary/aromatic N) is 3. The van der Waals surface area contributed by atoms with E-state index < -0.39 is 0 Å². The van der Waals surface area contributed by atoms with Crippen LogP contribution in [0.25, 0.3) is 0 Å². The molecule has 0 spiro atoms. The van der Waals surface area contributed by atoms with Crippen molar-refractivity contribution in [1.29, 1.82) is 0 Å². The summed E-state index contributed by atoms with van der Waals surface area (Å²) in [5.74, 6) is 1.74. The summed E-state index contributed by atoms with van der Waals surface area (Å²) in [5.41, 5.74) is 0. The van der Waals surface area contributed by atoms with Crippen LogP contribution in [0.3, 0.4) is 0 Å². The van der Waals surface area contributed by atoms with E-state index in [2.05, 4.69) is 27.1 Å². The second-order valence-electron chi connectivity index (χ2n) is 4.16. The maximum absolute atomic E-state index is 5.13. The lowest BCUT2D eigenvalue weighted by atomic mass is 10.4. The molecule has 0 unspecified atom stereocenters. The highest BCUT2D eigenvalue weighted by Crippen LogP contribution is 2.13. The highest BCUT2D eigenvalue weighted by Gasteiger charge is 2.08. The molecule has 0 saturated heterocycles. The van der Waals surface area contributed by atoms with Gasteiger partial charge in [0, 0.05) is 39.9 Å². The topological polar surface area (TPSA) is 59.5 Å². The van der Waals surface area contributed by atoms with Crippen LogP contribution in [-0.2, 0) is 9.47 Å². The maximum Gasteiger partial charge on any atom is 0.134 e. The molecule has 1 aromatic heterocycles. The summed E-state index contributed by atoms with van der Waals surface area (Å²) < 4.78 is 10.3. The van der Waals surface area contributed by atoms with Crippen LogP contribution in [0.1, 0.15) is 13.3 Å². The van der Waals surface area contributed by atoms with E-state index in [1.807, 2.05) is 6.07 Å². The Balaban J connectivity index is 2.69. The first-order valence-corrected chi connectivity index (χ1v) is 6.60. The fourth-order valence-corrected chi connectivity index (χ4v) is 1.61. The van der Waals surface area contributed by atoms with Gasteiger partial charge in [0.2, 0.25) is 0 Å². The summed E-state index contributed by atoms with van der Waals surface area (Å²) in [6, 6.07) is 1.96. The number of aromatic nitrogens is 2. The normalized spacial score (nSPS) is 10.5. The molecule has 6 heteroatoms. The number of rotatable bonds is 10. The molecule has 0 aliphatic carbocycles. The molecule has 6 nitrogen and oxygen atoms in total. The van der Waals surface area contributed by atoms with Crippen molar-refractivity contribution in [2.45, 2.75) is 13.3 Å². The molecular weight excluding hydrogens is 244 g/mol. The van der Waals surface area contributed by atoms with Crippen LogP contribution < -0.4 is 10.2 Å². The molecule has 0 aromatic carbocycles. The van der Waals surface area contributed by atoms with Gasteiger partial charge in [-0.25, -0.2) is 9.97 Å². The van der Waals surface area contributed by atoms with Gasteiger partial charge in [0.25, 0.3) is 0 Å². The van der Waals surface area contributed by atoms with Crippen LogP contribution in [0.15, 0.2) is 12.4 Å². The summed E-state index contributed by atoms with van der Waals surface area (Å²) in [5, 5.41) is 3.26. The zero-order valence-electron chi connectivity index (χ0n) is 12.1. The van der Waals surface area contributed by atoms with Gasteiger partial charge in [0.15, 0.2) is 0 Å². The number of ether oxygens (including phenoxy) is 2. The molecule has 0 atom stereocenters. The van der Waals surface area contributed by atoms with Gasteiger partial charge in [-0.15, -0.1) is 0 Å². The Hall–Kier alpha value is -1.40. The molecule has 1 rings (SSSR count). The fourth-order valence-electron chi connectivity index (χ4n) is 1.61. The smallest absolute Gasteiger partial charge is 0.134 e. The van der Waals surface area contributed by atoms with Crippen LogP contribution in [0.2, 0.25) is 0 Å². The predicted octanol–water partition coefficient (Wildman–Crippen LogP) is 1.40. The molecule has 19 heavy (non-hydrogen) atoms. The van der Waals surface area contributed by atoms with Crippen molar-refractivity contribution in [3.8, 4) is 0 Å². The van der Waals surface area contributed by atoms with Gasteiger partial charge in [-0.2, -0.15) is 0 Å². The van der Waals surface area contributed by atoms with Crippen LogP contribution >= 0.6 is 0 Å². The highest BCUT2D eigenvalue weighted by molar-refractivity contribution is 5.48. The number of methoxy groups -OCH3 is 2. The Morgan fingerprint density at radius 3 is 2.42 bits per heavy atom. The minimum absolute atomic E-state index is 0.658. The van der Waals surface area contributed by atoms with E-state index >= 15 is 0 Å². The third-order valence-electron chi connectivity index (χ3n) is 2.66. The average Bonchev–Trinajstić information content (AvgIpc) is 2.45. The van der Waals surface area contributed by atoms with E-state index in [0.717, 1.165) is 37.7 Å². The Kier molecular flexibility index (Phi) is 7.84. The zero-order valence-corrected chi connectivity index (χ0v) is 12.1. The molecule has 108 valence electrons. The van der Waals surface area contributed by atoms with E-state index in [1.54, 1.807) is 20.5 Å². The van der Waals surface area contributed by atoms with Gasteiger partial charge in [-0.3, -0.25) is 0 Å². The van der Waals surface area contributed by atoms with Crippen molar-refractivity contribution in [3.63, 3.8) is 0 Å². The maximum atomic E-state index is 5.13. The van der Waals surface area contributed by atoms with E-state index in [1.165, 1.54) is 0 Å². The largest absolute Gasteiger partial charge is 0.383 e. The lowest BCUT2D eigenvalue weighted by Gasteiger charge is -2.23. The summed E-state index contributed by atoms with van der Waals surface area (Å²) >= 11 is 0. The molecule has 0 aliphatic heterocycles. The standard InChI is InChI=1S/C13H24N4O2/c1-4-5-14-12-10-13(16-11-15-12)17(6-8-18-2)7-9-19-3/h10-11H,4-9H2,1-3H3,(H,14,15,16). The molecule has 0 amide bonds. The van der Waals surface area contributed by atoms with Gasteiger partial charge < -0.3 is 19.7 Å². The summed E-state index contributed by atoms with van der Waals surface area (Å²) in [7, 11) is 3.39. The minimum atomic E-state index is 0.658. The first kappa shape index (κ1) is 15.7. The lowest BCUT2D eigenvalue weighted by molar-refractivity contribution is 0.190. The van der Waals surface area contributed by atoms with Gasteiger partial charge in [0.05, 0.1) is 13.2 Å². The Morgan fingerprint density at radius 2 is 1.84 bits per heavy atom. The number of nitrogens with one attached hydrogen (secondary N) is 1. The third-order valence-corrected chi connectivity index (χ3v) is 2.66. The van der Waals surface area contributed by atoms with Crippen molar-refractivity contribution in [2.75, 3.05) is 57.3 Å². The lowest BCUT2D eigenvalue weighted by Crippen LogP contribution is -2.31. The van der Waals surface area contributed by atoms with Gasteiger partial charge >= 0.3 is 0 Å². The summed E-state index contributed by atoms with van der Waals surface area (Å²) in [4.78, 5) is 10.7. The van der Waals surface area contributed by atoms with Crippen LogP contribution in [0.5, 0.6) is 0 Å². The highest BCUT2D eigenvalue weighted by atomic mass is 16.5.